The van der Waals surface area contributed by atoms with Gasteiger partial charge in [0.25, 0.3) is 0 Å². The molecule has 0 aliphatic heterocycles. The van der Waals surface area contributed by atoms with Gasteiger partial charge in [-0.3, -0.25) is 9.78 Å². The number of pyridine rings is 2. The normalized spacial score (nSPS) is 10.1. The molecule has 92 valence electrons. The molecular weight excluding hydrogens is 228 g/mol. The Labute approximate surface area is 106 Å². The largest absolute Gasteiger partial charge is 0.491 e. The highest BCUT2D eigenvalue weighted by molar-refractivity contribution is 5.76. The molecule has 0 aromatic carbocycles. The van der Waals surface area contributed by atoms with Crippen LogP contribution in [-0.4, -0.2) is 22.9 Å². The zero-order valence-electron chi connectivity index (χ0n) is 10.2. The Morgan fingerprint density at radius 3 is 2.72 bits per heavy atom. The van der Waals surface area contributed by atoms with E-state index in [1.165, 1.54) is 0 Å². The Balaban J connectivity index is 1.96. The summed E-state index contributed by atoms with van der Waals surface area (Å²) in [5, 5.41) is 0. The quantitative estimate of drug-likeness (QED) is 0.754. The van der Waals surface area contributed by atoms with Crippen molar-refractivity contribution in [2.75, 3.05) is 6.61 Å². The summed E-state index contributed by atoms with van der Waals surface area (Å²) in [6, 6.07) is 7.49. The van der Waals surface area contributed by atoms with E-state index in [9.17, 15) is 4.79 Å². The Bertz CT molecular complexity index is 527. The maximum Gasteiger partial charge on any atom is 0.172 e. The number of hydrogen-bond acceptors (Lipinski definition) is 4. The lowest BCUT2D eigenvalue weighted by Gasteiger charge is -2.08. The Kier molecular flexibility index (Phi) is 4.02. The average molecular weight is 242 g/mol. The summed E-state index contributed by atoms with van der Waals surface area (Å²) in [5.74, 6) is 0.532. The highest BCUT2D eigenvalue weighted by atomic mass is 16.5. The molecule has 4 heteroatoms. The van der Waals surface area contributed by atoms with Crippen molar-refractivity contribution in [1.82, 2.24) is 9.97 Å². The molecule has 0 aliphatic carbocycles. The summed E-state index contributed by atoms with van der Waals surface area (Å²) in [5.41, 5.74) is 2.31. The number of aryl methyl sites for hydroxylation is 1. The molecule has 2 aromatic rings. The molecule has 0 N–H and O–H groups in total. The van der Waals surface area contributed by atoms with Crippen molar-refractivity contribution in [2.24, 2.45) is 0 Å². The van der Waals surface area contributed by atoms with Crippen molar-refractivity contribution in [2.45, 2.75) is 13.3 Å². The van der Waals surface area contributed by atoms with E-state index < -0.39 is 0 Å². The van der Waals surface area contributed by atoms with Crippen LogP contribution in [0, 0.1) is 6.92 Å². The summed E-state index contributed by atoms with van der Waals surface area (Å²) in [6.45, 7) is 2.35. The number of nitrogens with zero attached hydrogens (tertiary/aromatic N) is 2. The second kappa shape index (κ2) is 5.91. The minimum Gasteiger partial charge on any atom is -0.491 e. The van der Waals surface area contributed by atoms with E-state index in [2.05, 4.69) is 9.97 Å². The summed E-state index contributed by atoms with van der Waals surface area (Å²) >= 11 is 0. The topological polar surface area (TPSA) is 52.1 Å². The molecule has 2 rings (SSSR count). The number of carbonyl (C=O) groups excluding carboxylic acids is 1. The second-order valence-electron chi connectivity index (χ2n) is 3.91. The average Bonchev–Trinajstić information content (AvgIpc) is 2.41. The molecular formula is C14H14N2O2. The summed E-state index contributed by atoms with van der Waals surface area (Å²) in [6.07, 6.45) is 4.99. The van der Waals surface area contributed by atoms with Crippen molar-refractivity contribution in [3.8, 4) is 5.75 Å². The summed E-state index contributed by atoms with van der Waals surface area (Å²) < 4.78 is 5.57. The van der Waals surface area contributed by atoms with Crippen LogP contribution < -0.4 is 4.74 Å². The third-order valence-corrected chi connectivity index (χ3v) is 2.53. The molecule has 4 nitrogen and oxygen atoms in total. The van der Waals surface area contributed by atoms with E-state index in [0.29, 0.717) is 18.1 Å². The van der Waals surface area contributed by atoms with Crippen molar-refractivity contribution in [1.29, 1.82) is 0 Å². The Morgan fingerprint density at radius 2 is 2.00 bits per heavy atom. The smallest absolute Gasteiger partial charge is 0.172 e. The third-order valence-electron chi connectivity index (χ3n) is 2.53. The van der Waals surface area contributed by atoms with Crippen molar-refractivity contribution >= 4 is 6.29 Å². The van der Waals surface area contributed by atoms with Crippen LogP contribution in [0.25, 0.3) is 0 Å². The van der Waals surface area contributed by atoms with E-state index in [-0.39, 0.29) is 0 Å². The van der Waals surface area contributed by atoms with Crippen LogP contribution in [0.5, 0.6) is 5.75 Å². The minimum absolute atomic E-state index is 0.352. The van der Waals surface area contributed by atoms with Gasteiger partial charge < -0.3 is 4.74 Å². The van der Waals surface area contributed by atoms with Gasteiger partial charge in [0.1, 0.15) is 11.4 Å². The van der Waals surface area contributed by atoms with Gasteiger partial charge in [-0.1, -0.05) is 0 Å². The number of aldehydes is 1. The highest BCUT2D eigenvalue weighted by Gasteiger charge is 2.04. The maximum atomic E-state index is 10.9. The highest BCUT2D eigenvalue weighted by Crippen LogP contribution is 2.15. The monoisotopic (exact) mass is 242 g/mol. The van der Waals surface area contributed by atoms with Gasteiger partial charge in [-0.2, -0.15) is 0 Å². The SMILES string of the molecule is Cc1ccc(OCCc2ccncc2)c(C=O)n1. The molecule has 0 spiro atoms. The summed E-state index contributed by atoms with van der Waals surface area (Å²) in [7, 11) is 0. The molecule has 0 unspecified atom stereocenters. The second-order valence-corrected chi connectivity index (χ2v) is 3.91. The van der Waals surface area contributed by atoms with Gasteiger partial charge in [-0.25, -0.2) is 4.98 Å². The van der Waals surface area contributed by atoms with Gasteiger partial charge >= 0.3 is 0 Å². The van der Waals surface area contributed by atoms with E-state index in [4.69, 9.17) is 4.74 Å². The lowest BCUT2D eigenvalue weighted by Crippen LogP contribution is -2.04. The first-order valence-corrected chi connectivity index (χ1v) is 5.74. The van der Waals surface area contributed by atoms with Crippen molar-refractivity contribution in [3.63, 3.8) is 0 Å². The minimum atomic E-state index is 0.352. The fraction of sp³-hybridized carbons (Fsp3) is 0.214. The van der Waals surface area contributed by atoms with E-state index in [1.54, 1.807) is 18.5 Å². The van der Waals surface area contributed by atoms with Gasteiger partial charge in [0, 0.05) is 24.5 Å². The van der Waals surface area contributed by atoms with Crippen molar-refractivity contribution in [3.05, 3.63) is 53.6 Å². The fourth-order valence-corrected chi connectivity index (χ4v) is 1.60. The number of ether oxygens (including phenoxy) is 1. The summed E-state index contributed by atoms with van der Waals surface area (Å²) in [4.78, 5) is 18.9. The molecule has 2 heterocycles. The van der Waals surface area contributed by atoms with Gasteiger partial charge in [-0.05, 0) is 36.8 Å². The third kappa shape index (κ3) is 3.13. The van der Waals surface area contributed by atoms with Crippen LogP contribution in [0.15, 0.2) is 36.7 Å². The molecule has 0 saturated carbocycles. The van der Waals surface area contributed by atoms with Crippen LogP contribution in [0.4, 0.5) is 0 Å². The number of carbonyl (C=O) groups is 1. The van der Waals surface area contributed by atoms with Crippen LogP contribution in [0.2, 0.25) is 0 Å². The Hall–Kier alpha value is -2.23. The molecule has 0 atom stereocenters. The lowest BCUT2D eigenvalue weighted by atomic mass is 10.2. The molecule has 0 aliphatic rings. The lowest BCUT2D eigenvalue weighted by molar-refractivity contribution is 0.111. The zero-order chi connectivity index (χ0) is 12.8. The maximum absolute atomic E-state index is 10.9. The van der Waals surface area contributed by atoms with Crippen LogP contribution in [0.3, 0.4) is 0 Å². The van der Waals surface area contributed by atoms with Gasteiger partial charge in [-0.15, -0.1) is 0 Å². The van der Waals surface area contributed by atoms with E-state index in [1.807, 2.05) is 25.1 Å². The van der Waals surface area contributed by atoms with E-state index >= 15 is 0 Å². The molecule has 0 saturated heterocycles. The van der Waals surface area contributed by atoms with Crippen LogP contribution >= 0.6 is 0 Å². The first-order chi connectivity index (χ1) is 8.79. The molecule has 0 radical (unpaired) electrons. The molecule has 0 fully saturated rings. The van der Waals surface area contributed by atoms with Crippen LogP contribution in [-0.2, 0) is 6.42 Å². The number of hydrogen-bond donors (Lipinski definition) is 0. The number of rotatable bonds is 5. The predicted molar refractivity (Wildman–Crippen MR) is 67.8 cm³/mol. The van der Waals surface area contributed by atoms with Gasteiger partial charge in [0.2, 0.25) is 0 Å². The first-order valence-electron chi connectivity index (χ1n) is 5.74. The molecule has 0 bridgehead atoms. The molecule has 18 heavy (non-hydrogen) atoms. The Morgan fingerprint density at radius 1 is 1.22 bits per heavy atom. The van der Waals surface area contributed by atoms with Crippen molar-refractivity contribution < 1.29 is 9.53 Å². The molecule has 2 aromatic heterocycles. The van der Waals surface area contributed by atoms with E-state index in [0.717, 1.165) is 24.0 Å². The first kappa shape index (κ1) is 12.2. The van der Waals surface area contributed by atoms with Gasteiger partial charge in [0.15, 0.2) is 6.29 Å². The fourth-order valence-electron chi connectivity index (χ4n) is 1.60. The predicted octanol–water partition coefficient (Wildman–Crippen LogP) is 2.22. The van der Waals surface area contributed by atoms with Crippen LogP contribution in [0.1, 0.15) is 21.7 Å². The van der Waals surface area contributed by atoms with Gasteiger partial charge in [0.05, 0.1) is 6.61 Å². The standard InChI is InChI=1S/C14H14N2O2/c1-11-2-3-14(13(10-17)16-11)18-9-6-12-4-7-15-8-5-12/h2-5,7-8,10H,6,9H2,1H3. The number of aromatic nitrogens is 2. The zero-order valence-corrected chi connectivity index (χ0v) is 10.2. The molecule has 0 amide bonds.